The van der Waals surface area contributed by atoms with Gasteiger partial charge in [-0.3, -0.25) is 9.36 Å². The van der Waals surface area contributed by atoms with E-state index in [0.29, 0.717) is 18.3 Å². The summed E-state index contributed by atoms with van der Waals surface area (Å²) in [6, 6.07) is 12.7. The minimum absolute atomic E-state index is 0.125. The lowest BCUT2D eigenvalue weighted by molar-refractivity contribution is -0.135. The summed E-state index contributed by atoms with van der Waals surface area (Å²) in [4.78, 5) is 50.0. The number of aromatic nitrogens is 6. The molecule has 2 aromatic carbocycles. The van der Waals surface area contributed by atoms with Gasteiger partial charge in [-0.15, -0.1) is 11.3 Å². The van der Waals surface area contributed by atoms with Crippen molar-refractivity contribution < 1.29 is 19.1 Å². The maximum Gasteiger partial charge on any atom is 0.407 e. The lowest BCUT2D eigenvalue weighted by Gasteiger charge is -2.30. The van der Waals surface area contributed by atoms with Crippen molar-refractivity contribution in [2.45, 2.75) is 97.0 Å². The van der Waals surface area contributed by atoms with Gasteiger partial charge in [0.2, 0.25) is 12.1 Å². The van der Waals surface area contributed by atoms with Crippen LogP contribution in [0.15, 0.2) is 55.0 Å². The average Bonchev–Trinajstić information content (AvgIpc) is 4.04. The molecule has 1 aliphatic carbocycles. The molecule has 13 nitrogen and oxygen atoms in total. The molecule has 4 N–H and O–H groups in total. The first-order chi connectivity index (χ1) is 28.2. The van der Waals surface area contributed by atoms with Crippen LogP contribution in [0.25, 0.3) is 44.7 Å². The maximum atomic E-state index is 13.7. The van der Waals surface area contributed by atoms with Gasteiger partial charge in [0.05, 0.1) is 64.6 Å². The number of imidazole rings is 2. The minimum Gasteiger partial charge on any atom is -0.464 e. The number of ether oxygens (including phenoxy) is 2. The van der Waals surface area contributed by atoms with E-state index in [2.05, 4.69) is 68.5 Å². The van der Waals surface area contributed by atoms with Crippen LogP contribution in [0.5, 0.6) is 5.75 Å². The van der Waals surface area contributed by atoms with E-state index in [-0.39, 0.29) is 24.4 Å². The van der Waals surface area contributed by atoms with Crippen molar-refractivity contribution >= 4 is 34.2 Å². The number of aromatic amines is 2. The molecule has 2 fully saturated rings. The number of carbonyl (C=O) groups is 2. The Morgan fingerprint density at radius 1 is 1.02 bits per heavy atom. The van der Waals surface area contributed by atoms with Gasteiger partial charge in [-0.05, 0) is 87.4 Å². The second kappa shape index (κ2) is 15.7. The van der Waals surface area contributed by atoms with Gasteiger partial charge < -0.3 is 35.0 Å². The Kier molecular flexibility index (Phi) is 10.3. The first kappa shape index (κ1) is 38.1. The number of fused-ring (bicyclic) bond motifs is 5. The molecule has 1 saturated heterocycles. The molecular weight excluding hydrogens is 751 g/mol. The highest BCUT2D eigenvalue weighted by atomic mass is 32.1. The van der Waals surface area contributed by atoms with E-state index >= 15 is 0 Å². The predicted molar refractivity (Wildman–Crippen MR) is 225 cm³/mol. The van der Waals surface area contributed by atoms with Gasteiger partial charge in [0.15, 0.2) is 0 Å². The zero-order valence-electron chi connectivity index (χ0n) is 33.7. The number of benzene rings is 2. The number of thiazole rings is 1. The molecule has 0 radical (unpaired) electrons. The highest BCUT2D eigenvalue weighted by Gasteiger charge is 2.34. The second-order valence-electron chi connectivity index (χ2n) is 16.2. The van der Waals surface area contributed by atoms with E-state index in [4.69, 9.17) is 24.4 Å². The van der Waals surface area contributed by atoms with Gasteiger partial charge in [-0.1, -0.05) is 33.3 Å². The molecule has 3 atom stereocenters. The number of rotatable bonds is 12. The summed E-state index contributed by atoms with van der Waals surface area (Å²) in [6.45, 7) is 9.78. The van der Waals surface area contributed by atoms with E-state index < -0.39 is 18.4 Å². The molecule has 3 unspecified atom stereocenters. The Labute approximate surface area is 342 Å². The van der Waals surface area contributed by atoms with Crippen LogP contribution in [0.1, 0.15) is 105 Å². The third-order valence-corrected chi connectivity index (χ3v) is 13.1. The topological polar surface area (TPSA) is 155 Å². The third kappa shape index (κ3) is 7.06. The molecule has 6 aromatic rings. The molecule has 14 heteroatoms. The fraction of sp³-hybridized carbons (Fsp3) is 0.432. The molecule has 2 aliphatic heterocycles. The Bertz CT molecular complexity index is 2470. The molecular formula is C44H51N9O4S. The quantitative estimate of drug-likeness (QED) is 0.0960. The minimum atomic E-state index is -0.718. The van der Waals surface area contributed by atoms with E-state index in [1.54, 1.807) is 16.2 Å². The largest absolute Gasteiger partial charge is 0.464 e. The van der Waals surface area contributed by atoms with E-state index in [1.807, 2.05) is 39.4 Å². The summed E-state index contributed by atoms with van der Waals surface area (Å²) in [7, 11) is 1.30. The molecule has 1 saturated carbocycles. The summed E-state index contributed by atoms with van der Waals surface area (Å²) in [5.41, 5.74) is 8.18. The number of aryl methyl sites for hydroxylation is 1. The summed E-state index contributed by atoms with van der Waals surface area (Å²) in [5, 5.41) is 8.58. The zero-order valence-corrected chi connectivity index (χ0v) is 34.5. The standard InChI is InChI=1S/C44H51N9O4S/c1-6-15-52(42(54)39(24(2)3)51-44(55)56-5)23-37-46-20-32(49-37)28-16-25(4)38-34-18-29-17-27(31-21-47-40(50-31)30-11-8-14-45-30)12-13-33(29)53(34)43(57-35(38)19-28)36-22-48-41(58-36)26-9-7-10-26/h12-13,16-22,24,26,30,39,43,45H,6-11,14-15,23H2,1-5H3,(H,46,49)(H,47,50)(H,51,55). The van der Waals surface area contributed by atoms with E-state index in [1.165, 1.54) is 31.4 Å². The molecule has 2 amide bonds. The van der Waals surface area contributed by atoms with Gasteiger partial charge in [0, 0.05) is 40.7 Å². The highest BCUT2D eigenvalue weighted by Crippen LogP contribution is 2.49. The number of hydrogen-bond acceptors (Lipinski definition) is 9. The smallest absolute Gasteiger partial charge is 0.407 e. The van der Waals surface area contributed by atoms with Crippen molar-refractivity contribution in [1.82, 2.24) is 45.0 Å². The number of hydrogen-bond donors (Lipinski definition) is 4. The van der Waals surface area contributed by atoms with Gasteiger partial charge in [-0.2, -0.15) is 0 Å². The zero-order chi connectivity index (χ0) is 40.1. The van der Waals surface area contributed by atoms with Gasteiger partial charge >= 0.3 is 6.09 Å². The van der Waals surface area contributed by atoms with Crippen LogP contribution < -0.4 is 15.4 Å². The van der Waals surface area contributed by atoms with Crippen molar-refractivity contribution in [2.24, 2.45) is 5.92 Å². The summed E-state index contributed by atoms with van der Waals surface area (Å²) >= 11 is 1.76. The molecule has 9 rings (SSSR count). The van der Waals surface area contributed by atoms with Crippen molar-refractivity contribution in [3.63, 3.8) is 0 Å². The summed E-state index contributed by atoms with van der Waals surface area (Å²) in [5.74, 6) is 2.67. The van der Waals surface area contributed by atoms with Crippen LogP contribution in [0.3, 0.4) is 0 Å². The number of carbonyl (C=O) groups excluding carboxylic acids is 2. The number of H-pyrrole nitrogens is 2. The Balaban J connectivity index is 1.06. The Morgan fingerprint density at radius 2 is 1.84 bits per heavy atom. The summed E-state index contributed by atoms with van der Waals surface area (Å²) < 4.78 is 14.2. The average molecular weight is 802 g/mol. The highest BCUT2D eigenvalue weighted by molar-refractivity contribution is 7.11. The lowest BCUT2D eigenvalue weighted by Crippen LogP contribution is -2.51. The maximum absolute atomic E-state index is 13.7. The monoisotopic (exact) mass is 801 g/mol. The van der Waals surface area contributed by atoms with Crippen molar-refractivity contribution in [1.29, 1.82) is 0 Å². The molecule has 3 aliphatic rings. The third-order valence-electron chi connectivity index (χ3n) is 11.9. The van der Waals surface area contributed by atoms with Crippen molar-refractivity contribution in [3.8, 4) is 39.5 Å². The molecule has 4 aromatic heterocycles. The summed E-state index contributed by atoms with van der Waals surface area (Å²) in [6.07, 6.45) is 11.4. The molecule has 302 valence electrons. The SMILES string of the molecule is CCCN(Cc1ncc(-c2cc(C)c3c(c2)OC(c2cnc(C4CCC4)s2)n2c-3cc3cc(-c4cnc(C5CCCN5)[nH]4)ccc32)[nH]1)C(=O)C(NC(=O)OC)C(C)C. The van der Waals surface area contributed by atoms with Crippen LogP contribution in [-0.4, -0.2) is 72.6 Å². The fourth-order valence-corrected chi connectivity index (χ4v) is 9.69. The number of alkyl carbamates (subject to hydrolysis) is 1. The van der Waals surface area contributed by atoms with Gasteiger partial charge in [0.1, 0.15) is 23.4 Å². The van der Waals surface area contributed by atoms with Crippen LogP contribution in [-0.2, 0) is 16.1 Å². The molecule has 6 heterocycles. The first-order valence-electron chi connectivity index (χ1n) is 20.6. The van der Waals surface area contributed by atoms with Crippen LogP contribution in [0.2, 0.25) is 0 Å². The van der Waals surface area contributed by atoms with Gasteiger partial charge in [0.25, 0.3) is 0 Å². The Hall–Kier alpha value is -5.47. The second-order valence-corrected chi connectivity index (χ2v) is 17.3. The van der Waals surface area contributed by atoms with Crippen LogP contribution in [0.4, 0.5) is 4.79 Å². The van der Waals surface area contributed by atoms with Crippen LogP contribution in [0, 0.1) is 12.8 Å². The van der Waals surface area contributed by atoms with Crippen molar-refractivity contribution in [3.05, 3.63) is 82.1 Å². The van der Waals surface area contributed by atoms with E-state index in [9.17, 15) is 9.59 Å². The van der Waals surface area contributed by atoms with E-state index in [0.717, 1.165) is 92.5 Å². The number of nitrogens with one attached hydrogen (secondary N) is 4. The number of nitrogens with zero attached hydrogens (tertiary/aromatic N) is 5. The molecule has 58 heavy (non-hydrogen) atoms. The Morgan fingerprint density at radius 3 is 2.59 bits per heavy atom. The fourth-order valence-electron chi connectivity index (χ4n) is 8.58. The number of methoxy groups -OCH3 is 1. The predicted octanol–water partition coefficient (Wildman–Crippen LogP) is 8.60. The van der Waals surface area contributed by atoms with Crippen molar-refractivity contribution in [2.75, 3.05) is 20.2 Å². The van der Waals surface area contributed by atoms with Gasteiger partial charge in [-0.25, -0.2) is 19.7 Å². The first-order valence-corrected chi connectivity index (χ1v) is 21.4. The molecule has 0 spiro atoms. The van der Waals surface area contributed by atoms with Crippen LogP contribution >= 0.6 is 11.3 Å². The molecule has 0 bridgehead atoms. The normalized spacial score (nSPS) is 18.1. The lowest BCUT2D eigenvalue weighted by atomic mass is 9.86. The number of amides is 2.